The van der Waals surface area contributed by atoms with Crippen molar-refractivity contribution in [2.24, 2.45) is 5.10 Å². The van der Waals surface area contributed by atoms with Gasteiger partial charge in [-0.05, 0) is 37.2 Å². The van der Waals surface area contributed by atoms with Crippen LogP contribution in [0.5, 0.6) is 11.5 Å². The number of nitrogens with one attached hydrogen (secondary N) is 1. The smallest absolute Gasteiger partial charge is 0.216 e. The lowest BCUT2D eigenvalue weighted by atomic mass is 10.2. The van der Waals surface area contributed by atoms with Crippen LogP contribution in [-0.2, 0) is 4.74 Å². The van der Waals surface area contributed by atoms with Gasteiger partial charge in [-0.3, -0.25) is 5.10 Å². The molecule has 2 N–H and O–H groups in total. The van der Waals surface area contributed by atoms with Crippen molar-refractivity contribution >= 4 is 18.4 Å². The molecule has 0 bridgehead atoms. The number of aromatic nitrogens is 3. The number of methoxy groups -OCH3 is 1. The number of ether oxygens (including phenoxy) is 2. The average Bonchev–Trinajstić information content (AvgIpc) is 3.16. The van der Waals surface area contributed by atoms with Crippen molar-refractivity contribution < 1.29 is 14.6 Å². The lowest BCUT2D eigenvalue weighted by Gasteiger charge is -2.08. The lowest BCUT2D eigenvalue weighted by Crippen LogP contribution is -2.05. The number of benzene rings is 1. The molecule has 0 saturated carbocycles. The summed E-state index contributed by atoms with van der Waals surface area (Å²) in [6.07, 6.45) is 3.29. The summed E-state index contributed by atoms with van der Waals surface area (Å²) in [6.45, 7) is 0.713. The number of phenolic OH excluding ortho intramolecular Hbond substituents is 1. The summed E-state index contributed by atoms with van der Waals surface area (Å²) in [4.78, 5) is 0. The third-order valence-electron chi connectivity index (χ3n) is 3.46. The maximum absolute atomic E-state index is 10.1. The molecular weight excluding hydrogens is 304 g/mol. The van der Waals surface area contributed by atoms with E-state index in [4.69, 9.17) is 21.7 Å². The quantitative estimate of drug-likeness (QED) is 0.667. The Labute approximate surface area is 132 Å². The molecule has 0 unspecified atom stereocenters. The van der Waals surface area contributed by atoms with E-state index in [1.54, 1.807) is 18.2 Å². The number of phenols is 1. The molecular formula is C14H16N4O3S. The van der Waals surface area contributed by atoms with E-state index in [2.05, 4.69) is 15.3 Å². The number of para-hydroxylation sites is 1. The molecule has 7 nitrogen and oxygen atoms in total. The van der Waals surface area contributed by atoms with Gasteiger partial charge in [0.2, 0.25) is 4.77 Å². The highest BCUT2D eigenvalue weighted by molar-refractivity contribution is 7.71. The van der Waals surface area contributed by atoms with E-state index in [1.807, 2.05) is 0 Å². The summed E-state index contributed by atoms with van der Waals surface area (Å²) in [5, 5.41) is 21.3. The predicted octanol–water partition coefficient (Wildman–Crippen LogP) is 2.39. The van der Waals surface area contributed by atoms with Gasteiger partial charge in [0.25, 0.3) is 0 Å². The van der Waals surface area contributed by atoms with Gasteiger partial charge >= 0.3 is 0 Å². The first-order chi connectivity index (χ1) is 10.7. The van der Waals surface area contributed by atoms with E-state index in [9.17, 15) is 5.11 Å². The first kappa shape index (κ1) is 14.7. The van der Waals surface area contributed by atoms with Crippen molar-refractivity contribution in [3.8, 4) is 11.5 Å². The fourth-order valence-corrected chi connectivity index (χ4v) is 2.52. The first-order valence-electron chi connectivity index (χ1n) is 6.90. The van der Waals surface area contributed by atoms with Crippen LogP contribution in [0.2, 0.25) is 0 Å². The Morgan fingerprint density at radius 1 is 1.59 bits per heavy atom. The summed E-state index contributed by atoms with van der Waals surface area (Å²) in [7, 11) is 1.50. The molecule has 1 aliphatic heterocycles. The number of hydrogen-bond acceptors (Lipinski definition) is 6. The molecule has 8 heteroatoms. The minimum Gasteiger partial charge on any atom is -0.504 e. The van der Waals surface area contributed by atoms with Crippen LogP contribution in [0.4, 0.5) is 0 Å². The van der Waals surface area contributed by atoms with E-state index < -0.39 is 0 Å². The van der Waals surface area contributed by atoms with Gasteiger partial charge in [0.15, 0.2) is 17.3 Å². The van der Waals surface area contributed by atoms with Crippen molar-refractivity contribution in [2.75, 3.05) is 13.7 Å². The van der Waals surface area contributed by atoms with Crippen LogP contribution in [0.15, 0.2) is 23.3 Å². The largest absolute Gasteiger partial charge is 0.504 e. The number of H-pyrrole nitrogens is 1. The zero-order valence-corrected chi connectivity index (χ0v) is 12.8. The molecule has 0 amide bonds. The lowest BCUT2D eigenvalue weighted by molar-refractivity contribution is 0.102. The molecule has 1 aromatic heterocycles. The number of nitrogens with zero attached hydrogens (tertiary/aromatic N) is 3. The van der Waals surface area contributed by atoms with Crippen molar-refractivity contribution in [3.63, 3.8) is 0 Å². The maximum atomic E-state index is 10.1. The Morgan fingerprint density at radius 2 is 2.45 bits per heavy atom. The molecule has 2 aromatic rings. The maximum Gasteiger partial charge on any atom is 0.216 e. The van der Waals surface area contributed by atoms with Crippen LogP contribution in [-0.4, -0.2) is 39.9 Å². The summed E-state index contributed by atoms with van der Waals surface area (Å²) >= 11 is 5.19. The molecule has 1 fully saturated rings. The Kier molecular flexibility index (Phi) is 4.21. The van der Waals surface area contributed by atoms with Crippen molar-refractivity contribution in [1.82, 2.24) is 14.9 Å². The molecule has 1 atom stereocenters. The fourth-order valence-electron chi connectivity index (χ4n) is 2.33. The highest BCUT2D eigenvalue weighted by Crippen LogP contribution is 2.29. The SMILES string of the molecule is COc1cccc(/C=N/n2c([C@H]3CCCO3)n[nH]c2=S)c1O. The van der Waals surface area contributed by atoms with Crippen LogP contribution < -0.4 is 4.74 Å². The van der Waals surface area contributed by atoms with E-state index in [1.165, 1.54) is 18.0 Å². The first-order valence-corrected chi connectivity index (χ1v) is 7.30. The zero-order chi connectivity index (χ0) is 15.5. The van der Waals surface area contributed by atoms with Gasteiger partial charge in [0.05, 0.1) is 13.3 Å². The number of hydrogen-bond donors (Lipinski definition) is 2. The van der Waals surface area contributed by atoms with E-state index >= 15 is 0 Å². The van der Waals surface area contributed by atoms with E-state index in [0.717, 1.165) is 12.8 Å². The van der Waals surface area contributed by atoms with Crippen LogP contribution in [0.1, 0.15) is 30.3 Å². The highest BCUT2D eigenvalue weighted by Gasteiger charge is 2.23. The van der Waals surface area contributed by atoms with Gasteiger partial charge in [0, 0.05) is 12.2 Å². The standard InChI is InChI=1S/C14H16N4O3S/c1-20-10-5-2-4-9(12(10)19)8-15-18-13(16-17-14(18)22)11-6-3-7-21-11/h2,4-5,8,11,19H,3,6-7H2,1H3,(H,17,22)/b15-8+/t11-/m1/s1. The average molecular weight is 320 g/mol. The Bertz CT molecular complexity index is 747. The third kappa shape index (κ3) is 2.75. The van der Waals surface area contributed by atoms with Crippen LogP contribution >= 0.6 is 12.2 Å². The molecule has 2 heterocycles. The van der Waals surface area contributed by atoms with Gasteiger partial charge < -0.3 is 14.6 Å². The van der Waals surface area contributed by atoms with Gasteiger partial charge in [-0.1, -0.05) is 6.07 Å². The molecule has 116 valence electrons. The Hall–Kier alpha value is -2.19. The predicted molar refractivity (Wildman–Crippen MR) is 83.0 cm³/mol. The topological polar surface area (TPSA) is 84.7 Å². The van der Waals surface area contributed by atoms with Crippen molar-refractivity contribution in [1.29, 1.82) is 0 Å². The Balaban J connectivity index is 1.93. The molecule has 0 radical (unpaired) electrons. The summed E-state index contributed by atoms with van der Waals surface area (Å²) in [6, 6.07) is 5.18. The summed E-state index contributed by atoms with van der Waals surface area (Å²) in [5.41, 5.74) is 0.528. The molecule has 1 aliphatic rings. The van der Waals surface area contributed by atoms with Crippen molar-refractivity contribution in [2.45, 2.75) is 18.9 Å². The Morgan fingerprint density at radius 3 is 3.18 bits per heavy atom. The van der Waals surface area contributed by atoms with Crippen LogP contribution in [0, 0.1) is 4.77 Å². The third-order valence-corrected chi connectivity index (χ3v) is 3.72. The second-order valence-corrected chi connectivity index (χ2v) is 5.23. The second kappa shape index (κ2) is 6.29. The highest BCUT2D eigenvalue weighted by atomic mass is 32.1. The van der Waals surface area contributed by atoms with E-state index in [-0.39, 0.29) is 11.9 Å². The molecule has 1 aromatic carbocycles. The van der Waals surface area contributed by atoms with E-state index in [0.29, 0.717) is 28.5 Å². The molecule has 22 heavy (non-hydrogen) atoms. The summed E-state index contributed by atoms with van der Waals surface area (Å²) < 4.78 is 12.6. The number of aromatic hydroxyl groups is 1. The molecule has 3 rings (SSSR count). The fraction of sp³-hybridized carbons (Fsp3) is 0.357. The summed E-state index contributed by atoms with van der Waals surface area (Å²) in [5.74, 6) is 1.06. The zero-order valence-electron chi connectivity index (χ0n) is 12.0. The minimum absolute atomic E-state index is 0.0300. The van der Waals surface area contributed by atoms with Gasteiger partial charge in [-0.2, -0.15) is 14.9 Å². The van der Waals surface area contributed by atoms with Gasteiger partial charge in [0.1, 0.15) is 6.10 Å². The number of rotatable bonds is 4. The monoisotopic (exact) mass is 320 g/mol. The molecule has 0 aliphatic carbocycles. The number of aromatic amines is 1. The molecule has 0 spiro atoms. The van der Waals surface area contributed by atoms with Gasteiger partial charge in [-0.25, -0.2) is 0 Å². The minimum atomic E-state index is -0.107. The second-order valence-electron chi connectivity index (χ2n) is 4.84. The van der Waals surface area contributed by atoms with Crippen molar-refractivity contribution in [3.05, 3.63) is 34.4 Å². The van der Waals surface area contributed by atoms with Crippen LogP contribution in [0.3, 0.4) is 0 Å². The van der Waals surface area contributed by atoms with Crippen LogP contribution in [0.25, 0.3) is 0 Å². The normalized spacial score (nSPS) is 18.1. The van der Waals surface area contributed by atoms with Gasteiger partial charge in [-0.15, -0.1) is 0 Å². The molecule has 1 saturated heterocycles.